The Bertz CT molecular complexity index is 660. The van der Waals surface area contributed by atoms with Gasteiger partial charge in [-0.2, -0.15) is 0 Å². The molecule has 0 radical (unpaired) electrons. The van der Waals surface area contributed by atoms with Crippen molar-refractivity contribution >= 4 is 49.1 Å². The van der Waals surface area contributed by atoms with Gasteiger partial charge in [0.05, 0.1) is 18.4 Å². The average molecular weight is 400 g/mol. The van der Waals surface area contributed by atoms with Gasteiger partial charge in [0.25, 0.3) is 5.91 Å². The van der Waals surface area contributed by atoms with Crippen LogP contribution in [0.4, 0.5) is 11.4 Å². The van der Waals surface area contributed by atoms with Crippen LogP contribution in [0.25, 0.3) is 0 Å². The van der Waals surface area contributed by atoms with Gasteiger partial charge in [-0.3, -0.25) is 4.79 Å². The minimum absolute atomic E-state index is 0.235. The average Bonchev–Trinajstić information content (AvgIpc) is 2.42. The molecule has 0 aliphatic carbocycles. The first-order valence-corrected chi connectivity index (χ1v) is 7.30. The molecule has 0 aliphatic rings. The summed E-state index contributed by atoms with van der Waals surface area (Å²) in [5.41, 5.74) is 7.43. The summed E-state index contributed by atoms with van der Waals surface area (Å²) in [6.45, 7) is 0. The molecule has 1 amide bonds. The van der Waals surface area contributed by atoms with Crippen LogP contribution in [-0.4, -0.2) is 13.0 Å². The monoisotopic (exact) mass is 398 g/mol. The van der Waals surface area contributed by atoms with Gasteiger partial charge in [-0.05, 0) is 68.3 Å². The van der Waals surface area contributed by atoms with E-state index < -0.39 is 0 Å². The fraction of sp³-hybridized carbons (Fsp3) is 0.0714. The van der Waals surface area contributed by atoms with Crippen molar-refractivity contribution in [3.8, 4) is 5.75 Å². The lowest BCUT2D eigenvalue weighted by Crippen LogP contribution is -2.13. The lowest BCUT2D eigenvalue weighted by atomic mass is 10.2. The predicted molar refractivity (Wildman–Crippen MR) is 87.2 cm³/mol. The number of anilines is 2. The van der Waals surface area contributed by atoms with E-state index in [4.69, 9.17) is 10.5 Å². The molecule has 0 saturated carbocycles. The molecule has 2 aromatic carbocycles. The SMILES string of the molecule is COc1ccc(Br)c(C(=O)Nc2ccc(N)cc2Br)c1. The Morgan fingerprint density at radius 1 is 1.15 bits per heavy atom. The number of benzene rings is 2. The molecule has 0 fully saturated rings. The summed E-state index contributed by atoms with van der Waals surface area (Å²) in [5, 5.41) is 2.82. The molecule has 0 unspecified atom stereocenters. The van der Waals surface area contributed by atoms with Crippen LogP contribution in [0.2, 0.25) is 0 Å². The fourth-order valence-electron chi connectivity index (χ4n) is 1.63. The van der Waals surface area contributed by atoms with Gasteiger partial charge in [0.1, 0.15) is 5.75 Å². The molecule has 0 aromatic heterocycles. The highest BCUT2D eigenvalue weighted by atomic mass is 79.9. The van der Waals surface area contributed by atoms with E-state index >= 15 is 0 Å². The third kappa shape index (κ3) is 3.32. The minimum atomic E-state index is -0.235. The van der Waals surface area contributed by atoms with Crippen LogP contribution in [0.1, 0.15) is 10.4 Å². The third-order valence-corrected chi connectivity index (χ3v) is 4.01. The summed E-state index contributed by atoms with van der Waals surface area (Å²) >= 11 is 6.72. The zero-order valence-corrected chi connectivity index (χ0v) is 13.8. The van der Waals surface area contributed by atoms with Crippen LogP contribution in [0.3, 0.4) is 0 Å². The standard InChI is InChI=1S/C14H12Br2N2O2/c1-20-9-3-4-11(15)10(7-9)14(19)18-13-5-2-8(17)6-12(13)16/h2-7H,17H2,1H3,(H,18,19). The Kier molecular flexibility index (Phi) is 4.67. The van der Waals surface area contributed by atoms with Crippen LogP contribution in [0.15, 0.2) is 45.3 Å². The van der Waals surface area contributed by atoms with Crippen molar-refractivity contribution in [3.05, 3.63) is 50.9 Å². The van der Waals surface area contributed by atoms with Crippen molar-refractivity contribution in [2.45, 2.75) is 0 Å². The molecular formula is C14H12Br2N2O2. The highest BCUT2D eigenvalue weighted by Crippen LogP contribution is 2.27. The van der Waals surface area contributed by atoms with E-state index in [1.807, 2.05) is 0 Å². The minimum Gasteiger partial charge on any atom is -0.497 e. The molecule has 0 atom stereocenters. The molecule has 0 heterocycles. The number of rotatable bonds is 3. The normalized spacial score (nSPS) is 10.2. The van der Waals surface area contributed by atoms with E-state index in [2.05, 4.69) is 37.2 Å². The molecule has 6 heteroatoms. The molecule has 2 aromatic rings. The molecule has 3 N–H and O–H groups in total. The fourth-order valence-corrected chi connectivity index (χ4v) is 2.55. The molecule has 0 bridgehead atoms. The number of halogens is 2. The molecule has 0 spiro atoms. The second kappa shape index (κ2) is 6.28. The molecule has 104 valence electrons. The van der Waals surface area contributed by atoms with Gasteiger partial charge in [0, 0.05) is 14.6 Å². The van der Waals surface area contributed by atoms with E-state index in [1.165, 1.54) is 0 Å². The predicted octanol–water partition coefficient (Wildman–Crippen LogP) is 4.05. The van der Waals surface area contributed by atoms with Crippen LogP contribution in [-0.2, 0) is 0 Å². The summed E-state index contributed by atoms with van der Waals surface area (Å²) < 4.78 is 6.55. The second-order valence-electron chi connectivity index (χ2n) is 4.04. The molecule has 4 nitrogen and oxygen atoms in total. The number of hydrogen-bond acceptors (Lipinski definition) is 3. The third-order valence-electron chi connectivity index (χ3n) is 2.66. The summed E-state index contributed by atoms with van der Waals surface area (Å²) in [5.74, 6) is 0.385. The lowest BCUT2D eigenvalue weighted by molar-refractivity contribution is 0.102. The van der Waals surface area contributed by atoms with Crippen LogP contribution < -0.4 is 15.8 Å². The first-order chi connectivity index (χ1) is 9.51. The van der Waals surface area contributed by atoms with Gasteiger partial charge in [-0.25, -0.2) is 0 Å². The molecular weight excluding hydrogens is 388 g/mol. The van der Waals surface area contributed by atoms with Gasteiger partial charge < -0.3 is 15.8 Å². The number of ether oxygens (including phenoxy) is 1. The Morgan fingerprint density at radius 2 is 1.90 bits per heavy atom. The Balaban J connectivity index is 2.28. The van der Waals surface area contributed by atoms with Gasteiger partial charge in [0.2, 0.25) is 0 Å². The van der Waals surface area contributed by atoms with E-state index in [0.717, 1.165) is 4.47 Å². The van der Waals surface area contributed by atoms with Crippen molar-refractivity contribution in [1.29, 1.82) is 0 Å². The number of methoxy groups -OCH3 is 1. The lowest BCUT2D eigenvalue weighted by Gasteiger charge is -2.10. The van der Waals surface area contributed by atoms with Gasteiger partial charge in [0.15, 0.2) is 0 Å². The maximum absolute atomic E-state index is 12.3. The number of carbonyl (C=O) groups is 1. The first-order valence-electron chi connectivity index (χ1n) is 5.71. The molecule has 2 rings (SSSR count). The number of nitrogens with two attached hydrogens (primary N) is 1. The number of carbonyl (C=O) groups excluding carboxylic acids is 1. The van der Waals surface area contributed by atoms with E-state index in [0.29, 0.717) is 27.2 Å². The summed E-state index contributed by atoms with van der Waals surface area (Å²) in [4.78, 5) is 12.3. The smallest absolute Gasteiger partial charge is 0.256 e. The van der Waals surface area contributed by atoms with Crippen LogP contribution in [0, 0.1) is 0 Å². The quantitative estimate of drug-likeness (QED) is 0.765. The molecule has 0 saturated heterocycles. The highest BCUT2D eigenvalue weighted by molar-refractivity contribution is 9.11. The largest absolute Gasteiger partial charge is 0.497 e. The number of amides is 1. The Labute approximate surface area is 133 Å². The Hall–Kier alpha value is -1.53. The Morgan fingerprint density at radius 3 is 2.55 bits per heavy atom. The zero-order chi connectivity index (χ0) is 14.7. The van der Waals surface area contributed by atoms with Crippen molar-refractivity contribution in [1.82, 2.24) is 0 Å². The summed E-state index contributed by atoms with van der Waals surface area (Å²) in [6.07, 6.45) is 0. The number of nitrogens with one attached hydrogen (secondary N) is 1. The van der Waals surface area contributed by atoms with Crippen LogP contribution >= 0.6 is 31.9 Å². The van der Waals surface area contributed by atoms with E-state index in [-0.39, 0.29) is 5.91 Å². The van der Waals surface area contributed by atoms with Gasteiger partial charge in [-0.1, -0.05) is 0 Å². The highest BCUT2D eigenvalue weighted by Gasteiger charge is 2.13. The second-order valence-corrected chi connectivity index (χ2v) is 5.75. The van der Waals surface area contributed by atoms with Crippen molar-refractivity contribution in [3.63, 3.8) is 0 Å². The van der Waals surface area contributed by atoms with Crippen molar-refractivity contribution in [2.24, 2.45) is 0 Å². The van der Waals surface area contributed by atoms with Crippen molar-refractivity contribution < 1.29 is 9.53 Å². The van der Waals surface area contributed by atoms with Gasteiger partial charge >= 0.3 is 0 Å². The van der Waals surface area contributed by atoms with E-state index in [1.54, 1.807) is 43.5 Å². The number of nitrogen functional groups attached to an aromatic ring is 1. The topological polar surface area (TPSA) is 64.3 Å². The summed E-state index contributed by atoms with van der Waals surface area (Å²) in [6, 6.07) is 10.4. The van der Waals surface area contributed by atoms with Gasteiger partial charge in [-0.15, -0.1) is 0 Å². The molecule has 0 aliphatic heterocycles. The van der Waals surface area contributed by atoms with Crippen LogP contribution in [0.5, 0.6) is 5.75 Å². The summed E-state index contributed by atoms with van der Waals surface area (Å²) in [7, 11) is 1.56. The maximum Gasteiger partial charge on any atom is 0.256 e. The first kappa shape index (κ1) is 14.9. The zero-order valence-electron chi connectivity index (χ0n) is 10.6. The van der Waals surface area contributed by atoms with E-state index in [9.17, 15) is 4.79 Å². The number of hydrogen-bond donors (Lipinski definition) is 2. The maximum atomic E-state index is 12.3. The van der Waals surface area contributed by atoms with Crippen molar-refractivity contribution in [2.75, 3.05) is 18.2 Å². The molecule has 20 heavy (non-hydrogen) atoms.